The maximum absolute atomic E-state index is 13.2. The fourth-order valence-electron chi connectivity index (χ4n) is 1.79. The number of aliphatic hydroxyl groups excluding tert-OH is 1. The van der Waals surface area contributed by atoms with Crippen molar-refractivity contribution in [1.29, 1.82) is 0 Å². The van der Waals surface area contributed by atoms with E-state index in [1.807, 2.05) is 0 Å². The first-order valence-corrected chi connectivity index (χ1v) is 7.50. The van der Waals surface area contributed by atoms with E-state index in [1.165, 1.54) is 12.1 Å². The minimum atomic E-state index is -0.789. The second-order valence-corrected chi connectivity index (χ2v) is 6.30. The van der Waals surface area contributed by atoms with Crippen molar-refractivity contribution in [2.45, 2.75) is 12.5 Å². The van der Waals surface area contributed by atoms with Gasteiger partial charge in [0.1, 0.15) is 5.82 Å². The Kier molecular flexibility index (Phi) is 5.01. The van der Waals surface area contributed by atoms with E-state index >= 15 is 0 Å². The van der Waals surface area contributed by atoms with Crippen molar-refractivity contribution in [3.05, 3.63) is 67.3 Å². The predicted octanol–water partition coefficient (Wildman–Crippen LogP) is 5.28. The van der Waals surface area contributed by atoms with Gasteiger partial charge in [0.15, 0.2) is 0 Å². The lowest BCUT2D eigenvalue weighted by Crippen LogP contribution is -2.03. The lowest BCUT2D eigenvalue weighted by molar-refractivity contribution is 0.178. The summed E-state index contributed by atoms with van der Waals surface area (Å²) < 4.78 is 14.8. The van der Waals surface area contributed by atoms with Gasteiger partial charge in [-0.3, -0.25) is 0 Å². The molecular formula is C14H10Br2ClFO. The quantitative estimate of drug-likeness (QED) is 0.733. The molecule has 0 aromatic heterocycles. The van der Waals surface area contributed by atoms with Gasteiger partial charge in [0.05, 0.1) is 6.10 Å². The largest absolute Gasteiger partial charge is 0.388 e. The van der Waals surface area contributed by atoms with Gasteiger partial charge in [-0.05, 0) is 42.0 Å². The van der Waals surface area contributed by atoms with Gasteiger partial charge in [-0.15, -0.1) is 0 Å². The molecule has 0 aliphatic carbocycles. The van der Waals surface area contributed by atoms with E-state index in [1.54, 1.807) is 24.3 Å². The van der Waals surface area contributed by atoms with Gasteiger partial charge < -0.3 is 5.11 Å². The van der Waals surface area contributed by atoms with E-state index in [4.69, 9.17) is 11.6 Å². The number of halogens is 4. The van der Waals surface area contributed by atoms with E-state index in [0.717, 1.165) is 8.95 Å². The van der Waals surface area contributed by atoms with Crippen molar-refractivity contribution < 1.29 is 9.50 Å². The van der Waals surface area contributed by atoms with Crippen molar-refractivity contribution in [3.63, 3.8) is 0 Å². The smallest absolute Gasteiger partial charge is 0.123 e. The van der Waals surface area contributed by atoms with Crippen LogP contribution in [0.25, 0.3) is 0 Å². The molecule has 0 spiro atoms. The van der Waals surface area contributed by atoms with Crippen LogP contribution >= 0.6 is 43.5 Å². The van der Waals surface area contributed by atoms with Crippen LogP contribution in [0, 0.1) is 5.82 Å². The zero-order valence-corrected chi connectivity index (χ0v) is 13.6. The number of aliphatic hydroxyl groups is 1. The third-order valence-corrected chi connectivity index (χ3v) is 4.35. The maximum atomic E-state index is 13.2. The van der Waals surface area contributed by atoms with Gasteiger partial charge in [-0.1, -0.05) is 43.5 Å². The Morgan fingerprint density at radius 1 is 1.16 bits per heavy atom. The Hall–Kier alpha value is -0.420. The van der Waals surface area contributed by atoms with Crippen LogP contribution < -0.4 is 0 Å². The lowest BCUT2D eigenvalue weighted by Gasteiger charge is -2.14. The van der Waals surface area contributed by atoms with Gasteiger partial charge in [0.25, 0.3) is 0 Å². The summed E-state index contributed by atoms with van der Waals surface area (Å²) in [7, 11) is 0. The first-order valence-electron chi connectivity index (χ1n) is 5.54. The number of hydrogen-bond donors (Lipinski definition) is 1. The van der Waals surface area contributed by atoms with Crippen molar-refractivity contribution in [2.75, 3.05) is 0 Å². The molecule has 0 heterocycles. The number of rotatable bonds is 3. The van der Waals surface area contributed by atoms with Gasteiger partial charge in [-0.25, -0.2) is 4.39 Å². The highest BCUT2D eigenvalue weighted by Gasteiger charge is 2.15. The average molecular weight is 408 g/mol. The summed E-state index contributed by atoms with van der Waals surface area (Å²) in [6.07, 6.45) is -0.503. The molecule has 0 fully saturated rings. The molecule has 0 bridgehead atoms. The van der Waals surface area contributed by atoms with Crippen molar-refractivity contribution in [3.8, 4) is 0 Å². The summed E-state index contributed by atoms with van der Waals surface area (Å²) in [5.41, 5.74) is 1.32. The summed E-state index contributed by atoms with van der Waals surface area (Å²) in [6.45, 7) is 0. The summed E-state index contributed by atoms with van der Waals surface area (Å²) in [5, 5.41) is 10.7. The van der Waals surface area contributed by atoms with Crippen LogP contribution in [0.3, 0.4) is 0 Å². The summed E-state index contributed by atoms with van der Waals surface area (Å²) in [6, 6.07) is 9.67. The highest BCUT2D eigenvalue weighted by atomic mass is 79.9. The standard InChI is InChI=1S/C14H10Br2ClFO/c15-9-1-4-13(17)11(7-9)14(19)6-8-5-10(18)2-3-12(8)16/h1-5,7,14,19H,6H2. The average Bonchev–Trinajstić information content (AvgIpc) is 2.36. The molecule has 5 heteroatoms. The van der Waals surface area contributed by atoms with Crippen molar-refractivity contribution >= 4 is 43.5 Å². The van der Waals surface area contributed by atoms with E-state index in [0.29, 0.717) is 16.1 Å². The molecule has 19 heavy (non-hydrogen) atoms. The molecule has 1 unspecified atom stereocenters. The van der Waals surface area contributed by atoms with Crippen molar-refractivity contribution in [1.82, 2.24) is 0 Å². The first kappa shape index (κ1) is 15.0. The second kappa shape index (κ2) is 6.35. The fraction of sp³-hybridized carbons (Fsp3) is 0.143. The zero-order valence-electron chi connectivity index (χ0n) is 9.71. The molecule has 0 aliphatic rings. The fourth-order valence-corrected chi connectivity index (χ4v) is 2.82. The van der Waals surface area contributed by atoms with Crippen LogP contribution in [0.2, 0.25) is 5.02 Å². The third-order valence-electron chi connectivity index (χ3n) is 2.74. The van der Waals surface area contributed by atoms with Gasteiger partial charge in [0, 0.05) is 26.0 Å². The van der Waals surface area contributed by atoms with Crippen LogP contribution in [-0.2, 0) is 6.42 Å². The van der Waals surface area contributed by atoms with Crippen LogP contribution in [0.15, 0.2) is 45.3 Å². The normalized spacial score (nSPS) is 12.5. The summed E-state index contributed by atoms with van der Waals surface area (Å²) >= 11 is 12.7. The molecule has 0 amide bonds. The molecule has 1 nitrogen and oxygen atoms in total. The molecule has 0 saturated heterocycles. The minimum Gasteiger partial charge on any atom is -0.388 e. The van der Waals surface area contributed by atoms with E-state index in [-0.39, 0.29) is 12.2 Å². The predicted molar refractivity (Wildman–Crippen MR) is 81.9 cm³/mol. The highest BCUT2D eigenvalue weighted by Crippen LogP contribution is 2.30. The zero-order chi connectivity index (χ0) is 14.0. The molecule has 0 saturated carbocycles. The summed E-state index contributed by atoms with van der Waals surface area (Å²) in [4.78, 5) is 0. The van der Waals surface area contributed by atoms with E-state index < -0.39 is 6.10 Å². The van der Waals surface area contributed by atoms with Crippen LogP contribution in [0.1, 0.15) is 17.2 Å². The third kappa shape index (κ3) is 3.78. The van der Waals surface area contributed by atoms with E-state index in [2.05, 4.69) is 31.9 Å². The number of benzene rings is 2. The first-order chi connectivity index (χ1) is 8.97. The second-order valence-electron chi connectivity index (χ2n) is 4.12. The molecule has 0 radical (unpaired) electrons. The van der Waals surface area contributed by atoms with E-state index in [9.17, 15) is 9.50 Å². The lowest BCUT2D eigenvalue weighted by atomic mass is 10.0. The highest BCUT2D eigenvalue weighted by molar-refractivity contribution is 9.10. The number of hydrogen-bond acceptors (Lipinski definition) is 1. The van der Waals surface area contributed by atoms with Crippen LogP contribution in [0.4, 0.5) is 4.39 Å². The Bertz CT molecular complexity index is 604. The molecule has 1 N–H and O–H groups in total. The minimum absolute atomic E-state index is 0.286. The Labute approximate surface area is 132 Å². The summed E-state index contributed by atoms with van der Waals surface area (Å²) in [5.74, 6) is -0.328. The topological polar surface area (TPSA) is 20.2 Å². The van der Waals surface area contributed by atoms with Gasteiger partial charge in [0.2, 0.25) is 0 Å². The van der Waals surface area contributed by atoms with Gasteiger partial charge in [-0.2, -0.15) is 0 Å². The molecule has 100 valence electrons. The molecule has 2 rings (SSSR count). The Morgan fingerprint density at radius 3 is 2.63 bits per heavy atom. The monoisotopic (exact) mass is 406 g/mol. The Morgan fingerprint density at radius 2 is 1.89 bits per heavy atom. The van der Waals surface area contributed by atoms with Gasteiger partial charge >= 0.3 is 0 Å². The Balaban J connectivity index is 2.27. The molecular weight excluding hydrogens is 398 g/mol. The molecule has 0 aliphatic heterocycles. The molecule has 2 aromatic rings. The van der Waals surface area contributed by atoms with Crippen LogP contribution in [-0.4, -0.2) is 5.11 Å². The SMILES string of the molecule is OC(Cc1cc(F)ccc1Br)c1cc(Br)ccc1Cl. The van der Waals surface area contributed by atoms with Crippen LogP contribution in [0.5, 0.6) is 0 Å². The van der Waals surface area contributed by atoms with Crippen molar-refractivity contribution in [2.24, 2.45) is 0 Å². The maximum Gasteiger partial charge on any atom is 0.123 e. The molecule has 2 aromatic carbocycles. The molecule has 1 atom stereocenters.